The number of carbonyl (C=O) groups is 1. The number of amides is 1. The third-order valence-electron chi connectivity index (χ3n) is 4.06. The van der Waals surface area contributed by atoms with E-state index in [1.807, 2.05) is 0 Å². The van der Waals surface area contributed by atoms with E-state index in [0.717, 1.165) is 19.5 Å². The predicted molar refractivity (Wildman–Crippen MR) is 86.6 cm³/mol. The van der Waals surface area contributed by atoms with Gasteiger partial charge in [-0.2, -0.15) is 0 Å². The second-order valence-corrected chi connectivity index (χ2v) is 6.21. The molecule has 0 bridgehead atoms. The van der Waals surface area contributed by atoms with Gasteiger partial charge in [-0.1, -0.05) is 0 Å². The van der Waals surface area contributed by atoms with Crippen LogP contribution in [-0.4, -0.2) is 76.8 Å². The number of nitrogens with one attached hydrogen (secondary N) is 1. The number of halogens is 5. The van der Waals surface area contributed by atoms with Crippen molar-refractivity contribution in [1.82, 2.24) is 14.9 Å². The molecule has 2 saturated heterocycles. The molecule has 0 radical (unpaired) electrons. The van der Waals surface area contributed by atoms with Gasteiger partial charge in [0.2, 0.25) is 5.91 Å². The molecule has 3 heterocycles. The summed E-state index contributed by atoms with van der Waals surface area (Å²) in [4.78, 5) is 23.5. The lowest BCUT2D eigenvalue weighted by atomic mass is 10.2. The van der Waals surface area contributed by atoms with Gasteiger partial charge in [0.15, 0.2) is 12.3 Å². The highest BCUT2D eigenvalue weighted by Crippen LogP contribution is 2.23. The zero-order valence-corrected chi connectivity index (χ0v) is 14.5. The molecule has 1 aromatic heterocycles. The molecule has 12 heteroatoms. The summed E-state index contributed by atoms with van der Waals surface area (Å²) in [6.07, 6.45) is -5.60. The zero-order valence-electron chi connectivity index (χ0n) is 14.5. The van der Waals surface area contributed by atoms with E-state index >= 15 is 0 Å². The number of anilines is 2. The van der Waals surface area contributed by atoms with E-state index in [1.165, 1.54) is 6.33 Å². The highest BCUT2D eigenvalue weighted by Gasteiger charge is 2.33. The third kappa shape index (κ3) is 6.45. The van der Waals surface area contributed by atoms with Crippen molar-refractivity contribution in [1.29, 1.82) is 0 Å². The number of hydrogen-bond donors (Lipinski definition) is 2. The molecule has 152 valence electrons. The molecule has 0 aliphatic carbocycles. The summed E-state index contributed by atoms with van der Waals surface area (Å²) in [7, 11) is 0. The highest BCUT2D eigenvalue weighted by atomic mass is 19.4. The van der Waals surface area contributed by atoms with Crippen LogP contribution >= 0.6 is 0 Å². The molecule has 0 spiro atoms. The van der Waals surface area contributed by atoms with E-state index in [9.17, 15) is 26.7 Å². The molecule has 3 rings (SSSR count). The van der Waals surface area contributed by atoms with Gasteiger partial charge in [-0.05, 0) is 13.3 Å². The fourth-order valence-corrected chi connectivity index (χ4v) is 2.60. The Balaban J connectivity index is 0.000000465. The van der Waals surface area contributed by atoms with Crippen molar-refractivity contribution in [3.05, 3.63) is 12.4 Å². The first-order valence-corrected chi connectivity index (χ1v) is 8.24. The van der Waals surface area contributed by atoms with Crippen LogP contribution in [0.5, 0.6) is 0 Å². The predicted octanol–water partition coefficient (Wildman–Crippen LogP) is 1.50. The standard InChI is InChI=1S/C14H19F2N5O.CHF3O/c1-9(14(22)20-3-2-4-20)19-12-5-13(18-8-17-12)21-6-10(15)11(16)7-21;2-1(3,4)5/h5,8-11H,2-4,6-7H2,1H3,(H,17,18,19);5H/t9-,10?,11?;/m1./s1. The number of hydrogen-bond acceptors (Lipinski definition) is 6. The van der Waals surface area contributed by atoms with Gasteiger partial charge in [-0.25, -0.2) is 18.7 Å². The summed E-state index contributed by atoms with van der Waals surface area (Å²) in [5, 5.41) is 9.54. The Kier molecular flexibility index (Phi) is 6.73. The summed E-state index contributed by atoms with van der Waals surface area (Å²) in [5.74, 6) is 0.966. The normalized spacial score (nSPS) is 23.2. The molecule has 3 atom stereocenters. The molecular formula is C15H20F5N5O2. The van der Waals surface area contributed by atoms with E-state index in [-0.39, 0.29) is 19.0 Å². The fraction of sp³-hybridized carbons (Fsp3) is 0.667. The number of aromatic nitrogens is 2. The Labute approximate surface area is 152 Å². The lowest BCUT2D eigenvalue weighted by Crippen LogP contribution is -2.48. The third-order valence-corrected chi connectivity index (χ3v) is 4.06. The van der Waals surface area contributed by atoms with Crippen LogP contribution in [0.3, 0.4) is 0 Å². The molecule has 0 aromatic carbocycles. The monoisotopic (exact) mass is 397 g/mol. The summed E-state index contributed by atoms with van der Waals surface area (Å²) in [6.45, 7) is 3.33. The minimum Gasteiger partial charge on any atom is -0.358 e. The van der Waals surface area contributed by atoms with Crippen LogP contribution in [0.15, 0.2) is 12.4 Å². The number of rotatable bonds is 4. The van der Waals surface area contributed by atoms with Crippen molar-refractivity contribution in [3.63, 3.8) is 0 Å². The average molecular weight is 397 g/mol. The Bertz CT molecular complexity index is 627. The van der Waals surface area contributed by atoms with Crippen molar-refractivity contribution in [2.24, 2.45) is 0 Å². The van der Waals surface area contributed by atoms with Crippen LogP contribution in [0.25, 0.3) is 0 Å². The van der Waals surface area contributed by atoms with Gasteiger partial charge < -0.3 is 20.2 Å². The van der Waals surface area contributed by atoms with Gasteiger partial charge in [-0.15, -0.1) is 13.2 Å². The summed E-state index contributed by atoms with van der Waals surface area (Å²) in [6, 6.07) is 1.22. The summed E-state index contributed by atoms with van der Waals surface area (Å²) in [5.41, 5.74) is 0. The van der Waals surface area contributed by atoms with Crippen molar-refractivity contribution in [2.45, 2.75) is 38.1 Å². The van der Waals surface area contributed by atoms with Crippen LogP contribution in [-0.2, 0) is 4.79 Å². The Morgan fingerprint density at radius 1 is 1.26 bits per heavy atom. The fourth-order valence-electron chi connectivity index (χ4n) is 2.60. The van der Waals surface area contributed by atoms with Crippen molar-refractivity contribution in [3.8, 4) is 0 Å². The van der Waals surface area contributed by atoms with E-state index in [0.29, 0.717) is 11.6 Å². The SMILES string of the molecule is C[C@@H](Nc1cc(N2CC(F)C(F)C2)ncn1)C(=O)N1CCC1.OC(F)(F)F. The smallest absolute Gasteiger partial charge is 0.358 e. The number of aliphatic hydroxyl groups is 1. The molecule has 1 aromatic rings. The molecule has 2 fully saturated rings. The maximum Gasteiger partial charge on any atom is 0.519 e. The van der Waals surface area contributed by atoms with Crippen LogP contribution < -0.4 is 10.2 Å². The minimum absolute atomic E-state index is 0.0140. The van der Waals surface area contributed by atoms with Gasteiger partial charge >= 0.3 is 6.36 Å². The van der Waals surface area contributed by atoms with E-state index in [2.05, 4.69) is 15.3 Å². The van der Waals surface area contributed by atoms with E-state index in [4.69, 9.17) is 5.11 Å². The number of likely N-dealkylation sites (tertiary alicyclic amines) is 1. The van der Waals surface area contributed by atoms with Gasteiger partial charge in [0.25, 0.3) is 0 Å². The van der Waals surface area contributed by atoms with Gasteiger partial charge in [0.1, 0.15) is 24.0 Å². The second-order valence-electron chi connectivity index (χ2n) is 6.21. The summed E-state index contributed by atoms with van der Waals surface area (Å²) < 4.78 is 56.3. The second kappa shape index (κ2) is 8.63. The molecule has 0 saturated carbocycles. The Hall–Kier alpha value is -2.24. The molecule has 27 heavy (non-hydrogen) atoms. The maximum absolute atomic E-state index is 13.3. The van der Waals surface area contributed by atoms with Gasteiger partial charge in [-0.3, -0.25) is 4.79 Å². The zero-order chi connectivity index (χ0) is 20.2. The van der Waals surface area contributed by atoms with Crippen molar-refractivity contribution < 1.29 is 31.9 Å². The Morgan fingerprint density at radius 3 is 2.30 bits per heavy atom. The largest absolute Gasteiger partial charge is 0.519 e. The molecule has 2 aliphatic heterocycles. The summed E-state index contributed by atoms with van der Waals surface area (Å²) >= 11 is 0. The van der Waals surface area contributed by atoms with Crippen LogP contribution in [0.1, 0.15) is 13.3 Å². The van der Waals surface area contributed by atoms with Crippen molar-refractivity contribution in [2.75, 3.05) is 36.4 Å². The first-order chi connectivity index (χ1) is 12.5. The van der Waals surface area contributed by atoms with Gasteiger partial charge in [0, 0.05) is 19.2 Å². The first kappa shape index (κ1) is 21.1. The van der Waals surface area contributed by atoms with Crippen molar-refractivity contribution >= 4 is 17.5 Å². The maximum atomic E-state index is 13.3. The molecule has 7 nitrogen and oxygen atoms in total. The number of alkyl halides is 5. The van der Waals surface area contributed by atoms with Crippen LogP contribution in [0, 0.1) is 0 Å². The lowest BCUT2D eigenvalue weighted by molar-refractivity contribution is -0.295. The average Bonchev–Trinajstić information content (AvgIpc) is 2.83. The number of nitrogens with zero attached hydrogens (tertiary/aromatic N) is 4. The van der Waals surface area contributed by atoms with Crippen LogP contribution in [0.4, 0.5) is 33.6 Å². The first-order valence-electron chi connectivity index (χ1n) is 8.24. The molecule has 1 amide bonds. The molecule has 2 aliphatic rings. The quantitative estimate of drug-likeness (QED) is 0.750. The van der Waals surface area contributed by atoms with E-state index < -0.39 is 24.7 Å². The Morgan fingerprint density at radius 2 is 1.81 bits per heavy atom. The minimum atomic E-state index is -5.00. The van der Waals surface area contributed by atoms with E-state index in [1.54, 1.807) is 22.8 Å². The lowest BCUT2D eigenvalue weighted by Gasteiger charge is -2.33. The molecule has 2 unspecified atom stereocenters. The number of carbonyl (C=O) groups excluding carboxylic acids is 1. The van der Waals surface area contributed by atoms with Crippen LogP contribution in [0.2, 0.25) is 0 Å². The topological polar surface area (TPSA) is 81.6 Å². The molecule has 2 N–H and O–H groups in total. The molecular weight excluding hydrogens is 377 g/mol. The van der Waals surface area contributed by atoms with Gasteiger partial charge in [0.05, 0.1) is 13.1 Å². The highest BCUT2D eigenvalue weighted by molar-refractivity contribution is 5.84.